The third-order valence-corrected chi connectivity index (χ3v) is 9.11. The summed E-state index contributed by atoms with van der Waals surface area (Å²) in [6.07, 6.45) is 0.289. The topological polar surface area (TPSA) is 106 Å². The highest BCUT2D eigenvalue weighted by Crippen LogP contribution is 2.45. The van der Waals surface area contributed by atoms with Crippen LogP contribution in [0.2, 0.25) is 0 Å². The smallest absolute Gasteiger partial charge is 0.410 e. The highest BCUT2D eigenvalue weighted by Gasteiger charge is 2.40. The van der Waals surface area contributed by atoms with Gasteiger partial charge in [-0.05, 0) is 73.9 Å². The summed E-state index contributed by atoms with van der Waals surface area (Å²) in [4.78, 5) is 46.3. The lowest BCUT2D eigenvalue weighted by Crippen LogP contribution is -2.57. The lowest BCUT2D eigenvalue weighted by molar-refractivity contribution is 0.0231. The molecule has 2 heterocycles. The van der Waals surface area contributed by atoms with Gasteiger partial charge in [0.1, 0.15) is 34.7 Å². The van der Waals surface area contributed by atoms with E-state index in [0.29, 0.717) is 0 Å². The Morgan fingerprint density at radius 3 is 2.12 bits per heavy atom. The zero-order valence-electron chi connectivity index (χ0n) is 27.0. The predicted molar refractivity (Wildman–Crippen MR) is 175 cm³/mol. The molecule has 0 radical (unpaired) electrons. The van der Waals surface area contributed by atoms with Gasteiger partial charge in [0.15, 0.2) is 5.82 Å². The summed E-state index contributed by atoms with van der Waals surface area (Å²) in [5, 5.41) is 4.09. The van der Waals surface area contributed by atoms with Gasteiger partial charge in [0.05, 0.1) is 19.1 Å². The third-order valence-electron chi connectivity index (χ3n) is 9.11. The highest BCUT2D eigenvalue weighted by atomic mass is 19.1. The standard InChI is InChI=1S/C36H37F2N5O5/c1-36(2,3)48-35(46)41-16-18-42(19-17-41)43-32(39-31-28(38)15-14-27(37)29(31)33(43)44)30(21-12-13-21)40-34(45)47-20-26-24-10-6-4-8-22(24)23-9-5-7-11-25(23)26/h4-11,14-15,21,26,30H,12-13,16-20H2,1-3H3,(H,40,45)/t30-/m0/s1. The maximum atomic E-state index is 15.1. The number of halogens is 2. The Hall–Kier alpha value is -5.00. The molecule has 0 spiro atoms. The van der Waals surface area contributed by atoms with Crippen molar-refractivity contribution in [1.29, 1.82) is 0 Å². The van der Waals surface area contributed by atoms with Crippen molar-refractivity contribution < 1.29 is 27.8 Å². The minimum absolute atomic E-state index is 0.0822. The van der Waals surface area contributed by atoms with Gasteiger partial charge < -0.3 is 24.7 Å². The molecular formula is C36H37F2N5O5. The van der Waals surface area contributed by atoms with Crippen molar-refractivity contribution in [1.82, 2.24) is 19.9 Å². The average molecular weight is 658 g/mol. The van der Waals surface area contributed by atoms with Crippen LogP contribution in [-0.2, 0) is 9.47 Å². The second-order valence-electron chi connectivity index (χ2n) is 13.5. The molecule has 48 heavy (non-hydrogen) atoms. The molecule has 250 valence electrons. The van der Waals surface area contributed by atoms with Crippen molar-refractivity contribution in [2.24, 2.45) is 5.92 Å². The van der Waals surface area contributed by atoms with Crippen molar-refractivity contribution in [3.05, 3.63) is 99.6 Å². The fraction of sp³-hybridized carbons (Fsp3) is 0.389. The largest absolute Gasteiger partial charge is 0.449 e. The molecule has 1 aliphatic heterocycles. The van der Waals surface area contributed by atoms with Crippen LogP contribution in [0, 0.1) is 17.6 Å². The second kappa shape index (κ2) is 12.2. The SMILES string of the molecule is CC(C)(C)OC(=O)N1CCN(n2c([C@@H](NC(=O)OCC3c4ccccc4-c4ccccc43)C3CC3)nc3c(F)ccc(F)c3c2=O)CC1. The average Bonchev–Trinajstić information content (AvgIpc) is 3.86. The molecule has 2 aliphatic carbocycles. The van der Waals surface area contributed by atoms with Gasteiger partial charge in [-0.1, -0.05) is 48.5 Å². The van der Waals surface area contributed by atoms with Crippen molar-refractivity contribution in [3.63, 3.8) is 0 Å². The van der Waals surface area contributed by atoms with E-state index in [-0.39, 0.29) is 50.4 Å². The first-order valence-electron chi connectivity index (χ1n) is 16.3. The van der Waals surface area contributed by atoms with E-state index in [1.165, 1.54) is 9.58 Å². The van der Waals surface area contributed by atoms with Crippen molar-refractivity contribution in [3.8, 4) is 11.1 Å². The van der Waals surface area contributed by atoms with Gasteiger partial charge in [0.2, 0.25) is 0 Å². The number of fused-ring (bicyclic) bond motifs is 4. The van der Waals surface area contributed by atoms with E-state index >= 15 is 8.78 Å². The van der Waals surface area contributed by atoms with Crippen LogP contribution >= 0.6 is 0 Å². The van der Waals surface area contributed by atoms with Crippen LogP contribution in [0.25, 0.3) is 22.0 Å². The van der Waals surface area contributed by atoms with Crippen LogP contribution in [0.15, 0.2) is 65.5 Å². The molecule has 2 fully saturated rings. The highest BCUT2D eigenvalue weighted by molar-refractivity contribution is 5.80. The number of nitrogens with zero attached hydrogens (tertiary/aromatic N) is 4. The fourth-order valence-electron chi connectivity index (χ4n) is 6.70. The number of ether oxygens (including phenoxy) is 2. The summed E-state index contributed by atoms with van der Waals surface area (Å²) in [5.41, 5.74) is 2.46. The lowest BCUT2D eigenvalue weighted by atomic mass is 9.98. The number of amides is 2. The molecule has 1 N–H and O–H groups in total. The molecule has 3 aliphatic rings. The van der Waals surface area contributed by atoms with Crippen LogP contribution in [0.1, 0.15) is 62.5 Å². The minimum atomic E-state index is -0.899. The second-order valence-corrected chi connectivity index (χ2v) is 13.5. The van der Waals surface area contributed by atoms with Gasteiger partial charge in [-0.3, -0.25) is 4.79 Å². The number of benzene rings is 3. The quantitative estimate of drug-likeness (QED) is 0.277. The number of alkyl carbamates (subject to hydrolysis) is 1. The van der Waals surface area contributed by atoms with Gasteiger partial charge >= 0.3 is 12.2 Å². The van der Waals surface area contributed by atoms with E-state index in [9.17, 15) is 14.4 Å². The zero-order valence-corrected chi connectivity index (χ0v) is 27.0. The van der Waals surface area contributed by atoms with E-state index in [0.717, 1.165) is 47.2 Å². The minimum Gasteiger partial charge on any atom is -0.449 e. The molecule has 7 rings (SSSR count). The van der Waals surface area contributed by atoms with Gasteiger partial charge in [-0.2, -0.15) is 0 Å². The number of aromatic nitrogens is 2. The van der Waals surface area contributed by atoms with Crippen LogP contribution in [0.5, 0.6) is 0 Å². The summed E-state index contributed by atoms with van der Waals surface area (Å²) in [7, 11) is 0. The number of rotatable bonds is 6. The summed E-state index contributed by atoms with van der Waals surface area (Å²) >= 11 is 0. The number of hydrogen-bond acceptors (Lipinski definition) is 7. The fourth-order valence-corrected chi connectivity index (χ4v) is 6.70. The van der Waals surface area contributed by atoms with Gasteiger partial charge in [-0.15, -0.1) is 0 Å². The van der Waals surface area contributed by atoms with Gasteiger partial charge in [0, 0.05) is 19.0 Å². The van der Waals surface area contributed by atoms with Crippen LogP contribution in [-0.4, -0.2) is 65.1 Å². The molecule has 10 nitrogen and oxygen atoms in total. The first kappa shape index (κ1) is 31.6. The Morgan fingerprint density at radius 1 is 0.917 bits per heavy atom. The predicted octanol–water partition coefficient (Wildman–Crippen LogP) is 5.85. The number of carbonyl (C=O) groups is 2. The van der Waals surface area contributed by atoms with Crippen LogP contribution in [0.3, 0.4) is 0 Å². The molecule has 1 aromatic heterocycles. The lowest BCUT2D eigenvalue weighted by Gasteiger charge is -2.38. The van der Waals surface area contributed by atoms with E-state index in [2.05, 4.69) is 22.4 Å². The molecule has 4 aromatic rings. The normalized spacial score (nSPS) is 16.8. The van der Waals surface area contributed by atoms with E-state index in [4.69, 9.17) is 9.47 Å². The molecule has 3 aromatic carbocycles. The maximum absolute atomic E-state index is 15.1. The Bertz CT molecular complexity index is 1920. The molecule has 1 atom stereocenters. The monoisotopic (exact) mass is 657 g/mol. The number of nitrogens with one attached hydrogen (secondary N) is 1. The van der Waals surface area contributed by atoms with E-state index in [1.807, 2.05) is 36.4 Å². The van der Waals surface area contributed by atoms with Gasteiger partial charge in [-0.25, -0.2) is 28.0 Å². The Balaban J connectivity index is 1.17. The molecule has 12 heteroatoms. The summed E-state index contributed by atoms with van der Waals surface area (Å²) in [6, 6.07) is 17.1. The number of hydrogen-bond donors (Lipinski definition) is 1. The number of carbonyl (C=O) groups excluding carboxylic acids is 2. The first-order chi connectivity index (χ1) is 23.0. The molecule has 0 unspecified atom stereocenters. The van der Waals surface area contributed by atoms with E-state index < -0.39 is 51.9 Å². The Labute approximate surface area is 276 Å². The summed E-state index contributed by atoms with van der Waals surface area (Å²) in [5.74, 6) is -1.91. The van der Waals surface area contributed by atoms with Crippen LogP contribution in [0.4, 0.5) is 18.4 Å². The van der Waals surface area contributed by atoms with Crippen molar-refractivity contribution in [2.75, 3.05) is 37.8 Å². The Morgan fingerprint density at radius 2 is 1.52 bits per heavy atom. The molecule has 2 amide bonds. The molecule has 0 bridgehead atoms. The van der Waals surface area contributed by atoms with Crippen LogP contribution < -0.4 is 15.9 Å². The molecule has 1 saturated heterocycles. The summed E-state index contributed by atoms with van der Waals surface area (Å²) in [6.45, 7) is 6.25. The first-order valence-corrected chi connectivity index (χ1v) is 16.3. The zero-order chi connectivity index (χ0) is 33.7. The van der Waals surface area contributed by atoms with Crippen molar-refractivity contribution >= 4 is 23.1 Å². The number of piperazine rings is 1. The Kier molecular flexibility index (Phi) is 8.04. The third kappa shape index (κ3) is 5.95. The maximum Gasteiger partial charge on any atom is 0.410 e. The van der Waals surface area contributed by atoms with E-state index in [1.54, 1.807) is 25.8 Å². The summed E-state index contributed by atoms with van der Waals surface area (Å²) < 4.78 is 42.7. The molecular weight excluding hydrogens is 620 g/mol. The molecule has 1 saturated carbocycles. The van der Waals surface area contributed by atoms with Gasteiger partial charge in [0.25, 0.3) is 5.56 Å². The van der Waals surface area contributed by atoms with Crippen molar-refractivity contribution in [2.45, 2.75) is 51.2 Å².